The number of nitrogens with two attached hydrogens (primary N) is 1. The number of anilines is 1. The van der Waals surface area contributed by atoms with Gasteiger partial charge >= 0.3 is 5.97 Å². The maximum Gasteiger partial charge on any atom is 0.360 e. The minimum Gasteiger partial charge on any atom is -0.464 e. The Bertz CT molecular complexity index is 703. The Morgan fingerprint density at radius 3 is 3.00 bits per heavy atom. The predicted molar refractivity (Wildman–Crippen MR) is 68.2 cm³/mol. The first kappa shape index (κ1) is 13.5. The van der Waals surface area contributed by atoms with Gasteiger partial charge in [-0.2, -0.15) is 10.4 Å². The molecule has 0 spiro atoms. The maximum atomic E-state index is 13.2. The number of carbonyl (C=O) groups excluding carboxylic acids is 1. The summed E-state index contributed by atoms with van der Waals surface area (Å²) >= 11 is 0. The van der Waals surface area contributed by atoms with E-state index in [0.717, 1.165) is 0 Å². The summed E-state index contributed by atoms with van der Waals surface area (Å²) in [6.45, 7) is 0.127. The molecule has 0 saturated carbocycles. The zero-order chi connectivity index (χ0) is 14.7. The van der Waals surface area contributed by atoms with E-state index in [2.05, 4.69) is 9.84 Å². The number of nitriles is 1. The van der Waals surface area contributed by atoms with Gasteiger partial charge in [0, 0.05) is 6.20 Å². The lowest BCUT2D eigenvalue weighted by Gasteiger charge is -2.04. The molecule has 2 N–H and O–H groups in total. The van der Waals surface area contributed by atoms with Gasteiger partial charge in [0.15, 0.2) is 5.69 Å². The molecule has 0 aliphatic heterocycles. The Morgan fingerprint density at radius 2 is 2.35 bits per heavy atom. The van der Waals surface area contributed by atoms with Gasteiger partial charge in [-0.25, -0.2) is 9.18 Å². The topological polar surface area (TPSA) is 93.9 Å². The number of carbonyl (C=O) groups is 1. The molecule has 0 aliphatic carbocycles. The quantitative estimate of drug-likeness (QED) is 0.851. The van der Waals surface area contributed by atoms with Crippen LogP contribution in [0.5, 0.6) is 0 Å². The molecule has 0 aliphatic rings. The zero-order valence-electron chi connectivity index (χ0n) is 10.6. The highest BCUT2D eigenvalue weighted by Gasteiger charge is 2.16. The van der Waals surface area contributed by atoms with E-state index >= 15 is 0 Å². The molecule has 0 atom stereocenters. The number of nitrogens with zero attached hydrogens (tertiary/aromatic N) is 3. The highest BCUT2D eigenvalue weighted by molar-refractivity contribution is 5.92. The smallest absolute Gasteiger partial charge is 0.360 e. The lowest BCUT2D eigenvalue weighted by atomic mass is 10.1. The van der Waals surface area contributed by atoms with Crippen LogP contribution >= 0.6 is 0 Å². The predicted octanol–water partition coefficient (Wildman–Crippen LogP) is 1.31. The lowest BCUT2D eigenvalue weighted by molar-refractivity contribution is 0.0594. The molecule has 0 fully saturated rings. The van der Waals surface area contributed by atoms with Gasteiger partial charge < -0.3 is 10.5 Å². The molecule has 0 saturated heterocycles. The Balaban J connectivity index is 2.34. The van der Waals surface area contributed by atoms with Gasteiger partial charge in [-0.3, -0.25) is 4.68 Å². The highest BCUT2D eigenvalue weighted by Crippen LogP contribution is 2.15. The van der Waals surface area contributed by atoms with Crippen LogP contribution in [-0.2, 0) is 11.3 Å². The molecule has 7 heteroatoms. The van der Waals surface area contributed by atoms with Crippen LogP contribution in [0.15, 0.2) is 24.4 Å². The van der Waals surface area contributed by atoms with Crippen LogP contribution in [-0.4, -0.2) is 22.9 Å². The fourth-order valence-corrected chi connectivity index (χ4v) is 1.75. The molecule has 0 bridgehead atoms. The average Bonchev–Trinajstić information content (AvgIpc) is 2.79. The first-order valence-corrected chi connectivity index (χ1v) is 5.65. The number of halogens is 1. The molecule has 20 heavy (non-hydrogen) atoms. The number of benzene rings is 1. The number of hydrogen-bond acceptors (Lipinski definition) is 5. The first-order chi connectivity index (χ1) is 9.55. The molecule has 0 amide bonds. The van der Waals surface area contributed by atoms with E-state index < -0.39 is 11.8 Å². The molecule has 6 nitrogen and oxygen atoms in total. The van der Waals surface area contributed by atoms with Crippen molar-refractivity contribution in [3.05, 3.63) is 47.0 Å². The second kappa shape index (κ2) is 5.40. The molecule has 0 unspecified atom stereocenters. The van der Waals surface area contributed by atoms with Crippen molar-refractivity contribution in [1.29, 1.82) is 5.26 Å². The van der Waals surface area contributed by atoms with E-state index in [1.54, 1.807) is 0 Å². The zero-order valence-corrected chi connectivity index (χ0v) is 10.6. The fraction of sp³-hybridized carbons (Fsp3) is 0.154. The van der Waals surface area contributed by atoms with Crippen molar-refractivity contribution in [2.45, 2.75) is 6.54 Å². The minimum absolute atomic E-state index is 0.0117. The number of methoxy groups -OCH3 is 1. The summed E-state index contributed by atoms with van der Waals surface area (Å²) in [7, 11) is 1.22. The summed E-state index contributed by atoms with van der Waals surface area (Å²) < 4.78 is 19.1. The Morgan fingerprint density at radius 1 is 1.60 bits per heavy atom. The van der Waals surface area contributed by atoms with Gasteiger partial charge in [0.25, 0.3) is 0 Å². The van der Waals surface area contributed by atoms with Gasteiger partial charge in [-0.1, -0.05) is 0 Å². The van der Waals surface area contributed by atoms with Crippen LogP contribution in [0, 0.1) is 17.1 Å². The van der Waals surface area contributed by atoms with E-state index in [1.807, 2.05) is 6.07 Å². The van der Waals surface area contributed by atoms with Crippen LogP contribution in [0.25, 0.3) is 0 Å². The first-order valence-electron chi connectivity index (χ1n) is 5.65. The van der Waals surface area contributed by atoms with E-state index in [0.29, 0.717) is 11.1 Å². The Hall–Kier alpha value is -2.88. The van der Waals surface area contributed by atoms with Crippen LogP contribution < -0.4 is 5.73 Å². The largest absolute Gasteiger partial charge is 0.464 e. The molecular weight excluding hydrogens is 263 g/mol. The number of esters is 1. The maximum absolute atomic E-state index is 13.2. The average molecular weight is 274 g/mol. The van der Waals surface area contributed by atoms with Gasteiger partial charge in [0.2, 0.25) is 0 Å². The molecule has 102 valence electrons. The third-order valence-corrected chi connectivity index (χ3v) is 2.69. The van der Waals surface area contributed by atoms with Crippen LogP contribution in [0.4, 0.5) is 10.1 Å². The monoisotopic (exact) mass is 274 g/mol. The van der Waals surface area contributed by atoms with Crippen molar-refractivity contribution in [3.8, 4) is 6.07 Å². The van der Waals surface area contributed by atoms with Gasteiger partial charge in [0.05, 0.1) is 31.0 Å². The molecule has 1 aromatic heterocycles. The Kier molecular flexibility index (Phi) is 3.66. The summed E-state index contributed by atoms with van der Waals surface area (Å²) in [5, 5.41) is 12.9. The van der Waals surface area contributed by atoms with Crippen LogP contribution in [0.3, 0.4) is 0 Å². The van der Waals surface area contributed by atoms with Crippen LogP contribution in [0.1, 0.15) is 21.6 Å². The van der Waals surface area contributed by atoms with Crippen molar-refractivity contribution < 1.29 is 13.9 Å². The number of nitrogen functional groups attached to an aromatic ring is 1. The van der Waals surface area contributed by atoms with E-state index in [9.17, 15) is 9.18 Å². The molecule has 1 heterocycles. The third-order valence-electron chi connectivity index (χ3n) is 2.69. The van der Waals surface area contributed by atoms with E-state index in [-0.39, 0.29) is 17.9 Å². The van der Waals surface area contributed by atoms with Gasteiger partial charge in [0.1, 0.15) is 5.82 Å². The summed E-state index contributed by atoms with van der Waals surface area (Å²) in [6.07, 6.45) is 1.43. The third kappa shape index (κ3) is 2.59. The summed E-state index contributed by atoms with van der Waals surface area (Å²) in [4.78, 5) is 11.4. The number of rotatable bonds is 3. The van der Waals surface area contributed by atoms with Gasteiger partial charge in [-0.05, 0) is 23.8 Å². The second-order valence-electron chi connectivity index (χ2n) is 4.04. The summed E-state index contributed by atoms with van der Waals surface area (Å²) in [6, 6.07) is 5.81. The van der Waals surface area contributed by atoms with E-state index in [1.165, 1.54) is 36.2 Å². The van der Waals surface area contributed by atoms with Crippen molar-refractivity contribution in [3.63, 3.8) is 0 Å². The SMILES string of the molecule is COC(=O)c1nn(Cc2cc(F)ccc2C#N)cc1N. The van der Waals surface area contributed by atoms with Crippen molar-refractivity contribution in [2.75, 3.05) is 12.8 Å². The number of hydrogen-bond donors (Lipinski definition) is 1. The normalized spacial score (nSPS) is 10.1. The lowest BCUT2D eigenvalue weighted by Crippen LogP contribution is -2.07. The number of aromatic nitrogens is 2. The molecular formula is C13H11FN4O2. The van der Waals surface area contributed by atoms with E-state index in [4.69, 9.17) is 11.0 Å². The van der Waals surface area contributed by atoms with Gasteiger partial charge in [-0.15, -0.1) is 0 Å². The molecule has 1 aromatic carbocycles. The van der Waals surface area contributed by atoms with Crippen molar-refractivity contribution >= 4 is 11.7 Å². The summed E-state index contributed by atoms with van der Waals surface area (Å²) in [5.74, 6) is -1.10. The second-order valence-corrected chi connectivity index (χ2v) is 4.04. The minimum atomic E-state index is -0.652. The van der Waals surface area contributed by atoms with Crippen molar-refractivity contribution in [2.24, 2.45) is 0 Å². The summed E-state index contributed by atoms with van der Waals surface area (Å²) in [5.41, 5.74) is 6.58. The van der Waals surface area contributed by atoms with Crippen LogP contribution in [0.2, 0.25) is 0 Å². The molecule has 2 rings (SSSR count). The van der Waals surface area contributed by atoms with Crippen molar-refractivity contribution in [1.82, 2.24) is 9.78 Å². The highest BCUT2D eigenvalue weighted by atomic mass is 19.1. The standard InChI is InChI=1S/C13H11FN4O2/c1-20-13(19)12-11(16)7-18(17-12)6-9-4-10(14)3-2-8(9)5-15/h2-4,7H,6,16H2,1H3. The Labute approximate surface area is 114 Å². The number of ether oxygens (including phenoxy) is 1. The fourth-order valence-electron chi connectivity index (χ4n) is 1.75. The molecule has 2 aromatic rings. The molecule has 0 radical (unpaired) electrons.